The van der Waals surface area contributed by atoms with Gasteiger partial charge < -0.3 is 5.32 Å². The molecular formula is C14H19NO2. The molecule has 0 fully saturated rings. The minimum absolute atomic E-state index is 0.0464. The van der Waals surface area contributed by atoms with E-state index in [1.54, 1.807) is 12.1 Å². The Balaban J connectivity index is 2.39. The highest BCUT2D eigenvalue weighted by atomic mass is 16.2. The van der Waals surface area contributed by atoms with Crippen LogP contribution in [0.1, 0.15) is 42.1 Å². The molecule has 0 aliphatic rings. The quantitative estimate of drug-likeness (QED) is 0.767. The first-order chi connectivity index (χ1) is 8.13. The molecule has 17 heavy (non-hydrogen) atoms. The molecule has 0 aliphatic carbocycles. The summed E-state index contributed by atoms with van der Waals surface area (Å²) in [7, 11) is 0. The zero-order chi connectivity index (χ0) is 12.7. The maximum absolute atomic E-state index is 11.7. The molecule has 0 atom stereocenters. The number of amides is 1. The van der Waals surface area contributed by atoms with Crippen LogP contribution in [-0.2, 0) is 4.79 Å². The van der Waals surface area contributed by atoms with E-state index in [0.29, 0.717) is 12.0 Å². The van der Waals surface area contributed by atoms with Crippen LogP contribution in [0.5, 0.6) is 0 Å². The van der Waals surface area contributed by atoms with Crippen molar-refractivity contribution in [2.24, 2.45) is 0 Å². The molecule has 0 aliphatic heterocycles. The van der Waals surface area contributed by atoms with E-state index in [9.17, 15) is 9.59 Å². The van der Waals surface area contributed by atoms with Crippen molar-refractivity contribution in [2.75, 3.05) is 6.54 Å². The Labute approximate surface area is 102 Å². The fraction of sp³-hybridized carbons (Fsp3) is 0.429. The van der Waals surface area contributed by atoms with E-state index < -0.39 is 0 Å². The van der Waals surface area contributed by atoms with E-state index in [0.717, 1.165) is 18.4 Å². The van der Waals surface area contributed by atoms with Gasteiger partial charge in [0.2, 0.25) is 5.91 Å². The molecule has 3 heteroatoms. The molecule has 0 heterocycles. The first-order valence-corrected chi connectivity index (χ1v) is 6.00. The number of rotatable bonds is 6. The smallest absolute Gasteiger partial charge is 0.220 e. The van der Waals surface area contributed by atoms with Crippen LogP contribution in [0.2, 0.25) is 0 Å². The number of carbonyl (C=O) groups excluding carboxylic acids is 2. The van der Waals surface area contributed by atoms with E-state index in [4.69, 9.17) is 0 Å². The molecule has 1 rings (SSSR count). The van der Waals surface area contributed by atoms with Crippen LogP contribution in [0.4, 0.5) is 0 Å². The van der Waals surface area contributed by atoms with E-state index in [1.165, 1.54) is 0 Å². The van der Waals surface area contributed by atoms with Crippen molar-refractivity contribution in [1.29, 1.82) is 0 Å². The lowest BCUT2D eigenvalue weighted by atomic mass is 10.1. The Hall–Kier alpha value is -1.64. The molecule has 0 radical (unpaired) electrons. The van der Waals surface area contributed by atoms with Gasteiger partial charge in [0, 0.05) is 12.0 Å². The third-order valence-corrected chi connectivity index (χ3v) is 2.58. The van der Waals surface area contributed by atoms with Gasteiger partial charge in [-0.25, -0.2) is 0 Å². The lowest BCUT2D eigenvalue weighted by Crippen LogP contribution is -2.29. The molecule has 0 aromatic heterocycles. The van der Waals surface area contributed by atoms with Gasteiger partial charge in [0.15, 0.2) is 5.78 Å². The summed E-state index contributed by atoms with van der Waals surface area (Å²) in [5.41, 5.74) is 1.76. The minimum atomic E-state index is -0.0488. The number of hydrogen-bond donors (Lipinski definition) is 1. The molecule has 1 aromatic carbocycles. The first kappa shape index (κ1) is 13.4. The molecule has 1 aromatic rings. The monoisotopic (exact) mass is 233 g/mol. The summed E-state index contributed by atoms with van der Waals surface area (Å²) in [5, 5.41) is 2.64. The number of hydrogen-bond acceptors (Lipinski definition) is 2. The summed E-state index contributed by atoms with van der Waals surface area (Å²) >= 11 is 0. The molecule has 1 N–H and O–H groups in total. The van der Waals surface area contributed by atoms with Crippen LogP contribution < -0.4 is 5.32 Å². The van der Waals surface area contributed by atoms with Gasteiger partial charge in [0.1, 0.15) is 0 Å². The number of ketones is 1. The average Bonchev–Trinajstić information content (AvgIpc) is 2.34. The van der Waals surface area contributed by atoms with Crippen molar-refractivity contribution in [2.45, 2.75) is 33.1 Å². The predicted octanol–water partition coefficient (Wildman–Crippen LogP) is 2.48. The van der Waals surface area contributed by atoms with Crippen molar-refractivity contribution >= 4 is 11.7 Å². The van der Waals surface area contributed by atoms with Gasteiger partial charge in [-0.2, -0.15) is 0 Å². The summed E-state index contributed by atoms with van der Waals surface area (Å²) in [6.45, 7) is 4.09. The molecule has 1 amide bonds. The third kappa shape index (κ3) is 4.81. The number of aryl methyl sites for hydroxylation is 1. The Morgan fingerprint density at radius 1 is 1.18 bits per heavy atom. The van der Waals surface area contributed by atoms with Crippen molar-refractivity contribution in [1.82, 2.24) is 5.32 Å². The summed E-state index contributed by atoms with van der Waals surface area (Å²) < 4.78 is 0. The third-order valence-electron chi connectivity index (χ3n) is 2.58. The second-order valence-electron chi connectivity index (χ2n) is 4.17. The highest BCUT2D eigenvalue weighted by Gasteiger charge is 2.07. The molecular weight excluding hydrogens is 214 g/mol. The van der Waals surface area contributed by atoms with Crippen LogP contribution in [-0.4, -0.2) is 18.2 Å². The normalized spacial score (nSPS) is 10.0. The van der Waals surface area contributed by atoms with Gasteiger partial charge in [-0.3, -0.25) is 9.59 Å². The Morgan fingerprint density at radius 3 is 2.41 bits per heavy atom. The molecule has 0 unspecified atom stereocenters. The molecule has 0 saturated heterocycles. The Morgan fingerprint density at radius 2 is 1.82 bits per heavy atom. The van der Waals surface area contributed by atoms with Gasteiger partial charge in [-0.1, -0.05) is 43.2 Å². The Kier molecular flexibility index (Phi) is 5.40. The largest absolute Gasteiger partial charge is 0.349 e. The second kappa shape index (κ2) is 6.84. The number of nitrogens with one attached hydrogen (secondary N) is 1. The average molecular weight is 233 g/mol. The molecule has 3 nitrogen and oxygen atoms in total. The zero-order valence-corrected chi connectivity index (χ0v) is 10.5. The standard InChI is InChI=1S/C14H19NO2/c1-3-4-5-14(17)15-10-13(16)12-8-6-11(2)7-9-12/h6-9H,3-5,10H2,1-2H3,(H,15,17). The summed E-state index contributed by atoms with van der Waals surface area (Å²) in [6, 6.07) is 7.37. The van der Waals surface area contributed by atoms with E-state index >= 15 is 0 Å². The van der Waals surface area contributed by atoms with Gasteiger partial charge in [-0.05, 0) is 13.3 Å². The van der Waals surface area contributed by atoms with Crippen LogP contribution >= 0.6 is 0 Å². The summed E-state index contributed by atoms with van der Waals surface area (Å²) in [6.07, 6.45) is 2.35. The lowest BCUT2D eigenvalue weighted by Gasteiger charge is -2.04. The van der Waals surface area contributed by atoms with Gasteiger partial charge in [0.05, 0.1) is 6.54 Å². The Bertz CT molecular complexity index is 382. The van der Waals surface area contributed by atoms with Crippen molar-refractivity contribution in [3.05, 3.63) is 35.4 Å². The second-order valence-corrected chi connectivity index (χ2v) is 4.17. The van der Waals surface area contributed by atoms with Gasteiger partial charge in [0.25, 0.3) is 0 Å². The fourth-order valence-corrected chi connectivity index (χ4v) is 1.45. The highest BCUT2D eigenvalue weighted by molar-refractivity contribution is 5.99. The summed E-state index contributed by atoms with van der Waals surface area (Å²) in [5.74, 6) is -0.0952. The first-order valence-electron chi connectivity index (χ1n) is 6.00. The van der Waals surface area contributed by atoms with E-state index in [1.807, 2.05) is 26.0 Å². The highest BCUT2D eigenvalue weighted by Crippen LogP contribution is 2.03. The number of unbranched alkanes of at least 4 members (excludes halogenated alkanes) is 1. The van der Waals surface area contributed by atoms with Gasteiger partial charge >= 0.3 is 0 Å². The molecule has 0 bridgehead atoms. The van der Waals surface area contributed by atoms with Crippen molar-refractivity contribution in [3.8, 4) is 0 Å². The zero-order valence-electron chi connectivity index (χ0n) is 10.5. The molecule has 0 saturated carbocycles. The van der Waals surface area contributed by atoms with Gasteiger partial charge in [-0.15, -0.1) is 0 Å². The fourth-order valence-electron chi connectivity index (χ4n) is 1.45. The lowest BCUT2D eigenvalue weighted by molar-refractivity contribution is -0.121. The number of Topliss-reactive ketones (excluding diaryl/α,β-unsaturated/α-hetero) is 1. The van der Waals surface area contributed by atoms with Crippen LogP contribution in [0, 0.1) is 6.92 Å². The minimum Gasteiger partial charge on any atom is -0.349 e. The maximum Gasteiger partial charge on any atom is 0.220 e. The van der Waals surface area contributed by atoms with Crippen molar-refractivity contribution < 1.29 is 9.59 Å². The van der Waals surface area contributed by atoms with Crippen LogP contribution in [0.25, 0.3) is 0 Å². The molecule has 0 spiro atoms. The predicted molar refractivity (Wildman–Crippen MR) is 68.0 cm³/mol. The van der Waals surface area contributed by atoms with Crippen molar-refractivity contribution in [3.63, 3.8) is 0 Å². The summed E-state index contributed by atoms with van der Waals surface area (Å²) in [4.78, 5) is 23.0. The SMILES string of the molecule is CCCCC(=O)NCC(=O)c1ccc(C)cc1. The number of benzene rings is 1. The van der Waals surface area contributed by atoms with Crippen LogP contribution in [0.3, 0.4) is 0 Å². The molecule has 92 valence electrons. The van der Waals surface area contributed by atoms with E-state index in [2.05, 4.69) is 5.32 Å². The number of carbonyl (C=O) groups is 2. The van der Waals surface area contributed by atoms with E-state index in [-0.39, 0.29) is 18.2 Å². The van der Waals surface area contributed by atoms with Crippen LogP contribution in [0.15, 0.2) is 24.3 Å². The maximum atomic E-state index is 11.7. The topological polar surface area (TPSA) is 46.2 Å².